The van der Waals surface area contributed by atoms with Crippen molar-refractivity contribution in [2.75, 3.05) is 10.2 Å². The molecule has 0 bridgehead atoms. The number of hydrogen-bond donors (Lipinski definition) is 1. The van der Waals surface area contributed by atoms with E-state index in [0.717, 1.165) is 22.7 Å². The average Bonchev–Trinajstić information content (AvgIpc) is 3.25. The van der Waals surface area contributed by atoms with Gasteiger partial charge in [-0.25, -0.2) is 0 Å². The fourth-order valence-corrected chi connectivity index (χ4v) is 9.72. The quantitative estimate of drug-likeness (QED) is 0.175. The minimum absolute atomic E-state index is 0.0253. The predicted octanol–water partition coefficient (Wildman–Crippen LogP) is 14.1. The van der Waals surface area contributed by atoms with Crippen molar-refractivity contribution < 1.29 is 0 Å². The van der Waals surface area contributed by atoms with Crippen molar-refractivity contribution in [3.05, 3.63) is 198 Å². The Kier molecular flexibility index (Phi) is 8.99. The van der Waals surface area contributed by atoms with Gasteiger partial charge in [-0.3, -0.25) is 0 Å². The van der Waals surface area contributed by atoms with E-state index in [1.165, 1.54) is 88.9 Å². The number of aryl methyl sites for hydroxylation is 2. The monoisotopic (exact) mass is 773 g/mol. The lowest BCUT2D eigenvalue weighted by Gasteiger charge is -2.39. The Balaban J connectivity index is 1.31. The SMILES string of the molecule is Cc1cccc(C)c1-c1cc(-c2cccc3c2Nc2ccccc2C3(C)C)c2c(c1)N(c1ccc(C(C)(C)C)cc1-c1ccccc1)c1cc(-c3ccccc3)ccc1[B]2. The standard InChI is InChI=1S/C57H50BN2/c1-36-18-16-19-37(2)53(36)41-32-45(43-24-17-26-47-55(43)59-49-27-15-14-25-46(49)57(47,6)7)54-52(34-41)60(51-33-40(28-30-48(51)58-54)38-20-10-8-11-21-38)50-31-29-42(56(3,4)5)35-44(50)39-22-12-9-13-23-39/h8-35,59H,1-7H3. The van der Waals surface area contributed by atoms with Gasteiger partial charge >= 0.3 is 0 Å². The number of nitrogens with zero attached hydrogens (tertiary/aromatic N) is 1. The molecular weight excluding hydrogens is 723 g/mol. The highest BCUT2D eigenvalue weighted by Gasteiger charge is 2.36. The number of para-hydroxylation sites is 2. The first-order chi connectivity index (χ1) is 29.0. The molecule has 0 saturated heterocycles. The fraction of sp³-hybridized carbons (Fsp3) is 0.158. The van der Waals surface area contributed by atoms with E-state index in [2.05, 4.69) is 236 Å². The van der Waals surface area contributed by atoms with Crippen molar-refractivity contribution in [1.29, 1.82) is 0 Å². The van der Waals surface area contributed by atoms with Crippen LogP contribution >= 0.6 is 0 Å². The van der Waals surface area contributed by atoms with E-state index in [-0.39, 0.29) is 10.8 Å². The van der Waals surface area contributed by atoms with Gasteiger partial charge in [-0.1, -0.05) is 174 Å². The second-order valence-corrected chi connectivity index (χ2v) is 18.2. The minimum Gasteiger partial charge on any atom is -0.355 e. The highest BCUT2D eigenvalue weighted by molar-refractivity contribution is 6.73. The second-order valence-electron chi connectivity index (χ2n) is 18.2. The normalized spacial score (nSPS) is 13.6. The zero-order valence-electron chi connectivity index (χ0n) is 35.7. The predicted molar refractivity (Wildman–Crippen MR) is 258 cm³/mol. The number of nitrogens with one attached hydrogen (secondary N) is 1. The summed E-state index contributed by atoms with van der Waals surface area (Å²) in [6, 6.07) is 63.1. The maximum absolute atomic E-state index is 3.96. The first-order valence-electron chi connectivity index (χ1n) is 21.3. The topological polar surface area (TPSA) is 15.3 Å². The van der Waals surface area contributed by atoms with Crippen LogP contribution in [-0.2, 0) is 10.8 Å². The van der Waals surface area contributed by atoms with Crippen molar-refractivity contribution >= 4 is 46.6 Å². The summed E-state index contributed by atoms with van der Waals surface area (Å²) < 4.78 is 0. The van der Waals surface area contributed by atoms with Gasteiger partial charge in [0.25, 0.3) is 0 Å². The second kappa shape index (κ2) is 14.3. The molecule has 2 nitrogen and oxygen atoms in total. The van der Waals surface area contributed by atoms with Crippen LogP contribution < -0.4 is 21.1 Å². The molecule has 0 atom stereocenters. The van der Waals surface area contributed by atoms with E-state index in [1.807, 2.05) is 0 Å². The van der Waals surface area contributed by atoms with Crippen LogP contribution in [0.1, 0.15) is 62.4 Å². The average molecular weight is 774 g/mol. The van der Waals surface area contributed by atoms with Gasteiger partial charge in [0.05, 0.1) is 11.4 Å². The Morgan fingerprint density at radius 1 is 0.500 bits per heavy atom. The van der Waals surface area contributed by atoms with Gasteiger partial charge in [-0.2, -0.15) is 0 Å². The molecule has 0 saturated carbocycles. The Morgan fingerprint density at radius 3 is 1.88 bits per heavy atom. The molecule has 2 aliphatic rings. The van der Waals surface area contributed by atoms with Crippen LogP contribution in [0.3, 0.4) is 0 Å². The van der Waals surface area contributed by atoms with Gasteiger partial charge in [0.2, 0.25) is 0 Å². The summed E-state index contributed by atoms with van der Waals surface area (Å²) in [6.07, 6.45) is 0. The molecule has 60 heavy (non-hydrogen) atoms. The van der Waals surface area contributed by atoms with Crippen molar-refractivity contribution in [3.8, 4) is 44.5 Å². The van der Waals surface area contributed by atoms with Gasteiger partial charge in [-0.15, -0.1) is 0 Å². The molecule has 291 valence electrons. The lowest BCUT2D eigenvalue weighted by molar-refractivity contribution is 0.590. The van der Waals surface area contributed by atoms with E-state index < -0.39 is 0 Å². The summed E-state index contributed by atoms with van der Waals surface area (Å²) in [6.45, 7) is 16.1. The third-order valence-corrected chi connectivity index (χ3v) is 12.9. The molecule has 0 fully saturated rings. The highest BCUT2D eigenvalue weighted by atomic mass is 15.2. The Morgan fingerprint density at radius 2 is 1.15 bits per heavy atom. The van der Waals surface area contributed by atoms with Crippen LogP contribution in [0.15, 0.2) is 170 Å². The highest BCUT2D eigenvalue weighted by Crippen LogP contribution is 2.51. The molecule has 0 aromatic heterocycles. The third kappa shape index (κ3) is 6.27. The summed E-state index contributed by atoms with van der Waals surface area (Å²) >= 11 is 0. The summed E-state index contributed by atoms with van der Waals surface area (Å²) in [5, 5.41) is 3.96. The molecule has 8 aromatic rings. The third-order valence-electron chi connectivity index (χ3n) is 12.9. The molecule has 0 spiro atoms. The van der Waals surface area contributed by atoms with Gasteiger partial charge < -0.3 is 10.2 Å². The summed E-state index contributed by atoms with van der Waals surface area (Å²) in [7, 11) is 2.44. The van der Waals surface area contributed by atoms with Crippen molar-refractivity contribution in [2.45, 2.75) is 59.3 Å². The molecule has 0 unspecified atom stereocenters. The maximum atomic E-state index is 3.96. The van der Waals surface area contributed by atoms with Crippen LogP contribution in [0.2, 0.25) is 0 Å². The van der Waals surface area contributed by atoms with Gasteiger partial charge in [0.1, 0.15) is 0 Å². The molecule has 2 heterocycles. The van der Waals surface area contributed by atoms with E-state index in [1.54, 1.807) is 0 Å². The molecule has 1 radical (unpaired) electrons. The summed E-state index contributed by atoms with van der Waals surface area (Å²) in [5.74, 6) is 0. The molecule has 8 aromatic carbocycles. The largest absolute Gasteiger partial charge is 0.355 e. The van der Waals surface area contributed by atoms with E-state index in [4.69, 9.17) is 0 Å². The first-order valence-corrected chi connectivity index (χ1v) is 21.3. The molecule has 1 N–H and O–H groups in total. The van der Waals surface area contributed by atoms with Crippen LogP contribution in [0.4, 0.5) is 28.4 Å². The van der Waals surface area contributed by atoms with Crippen molar-refractivity contribution in [3.63, 3.8) is 0 Å². The van der Waals surface area contributed by atoms with Crippen molar-refractivity contribution in [1.82, 2.24) is 0 Å². The molecule has 0 amide bonds. The lowest BCUT2D eigenvalue weighted by Crippen LogP contribution is -2.41. The van der Waals surface area contributed by atoms with Gasteiger partial charge in [0.15, 0.2) is 7.28 Å². The van der Waals surface area contributed by atoms with Crippen molar-refractivity contribution in [2.24, 2.45) is 0 Å². The molecule has 3 heteroatoms. The summed E-state index contributed by atoms with van der Waals surface area (Å²) in [4.78, 5) is 2.56. The van der Waals surface area contributed by atoms with E-state index >= 15 is 0 Å². The Bertz CT molecular complexity index is 2930. The van der Waals surface area contributed by atoms with Crippen LogP contribution in [-0.4, -0.2) is 7.28 Å². The molecule has 2 aliphatic heterocycles. The summed E-state index contributed by atoms with van der Waals surface area (Å²) in [5.41, 5.74) is 24.1. The zero-order chi connectivity index (χ0) is 41.3. The van der Waals surface area contributed by atoms with E-state index in [9.17, 15) is 0 Å². The smallest absolute Gasteiger partial charge is 0.197 e. The Labute approximate surface area is 356 Å². The molecular formula is C57H50BN2. The number of rotatable bonds is 5. The van der Waals surface area contributed by atoms with Crippen LogP contribution in [0.5, 0.6) is 0 Å². The first kappa shape index (κ1) is 37.7. The van der Waals surface area contributed by atoms with Gasteiger partial charge in [-0.05, 0) is 122 Å². The maximum Gasteiger partial charge on any atom is 0.197 e. The minimum atomic E-state index is -0.187. The van der Waals surface area contributed by atoms with Crippen LogP contribution in [0, 0.1) is 13.8 Å². The van der Waals surface area contributed by atoms with Crippen LogP contribution in [0.25, 0.3) is 44.5 Å². The fourth-order valence-electron chi connectivity index (χ4n) is 9.72. The number of anilines is 5. The van der Waals surface area contributed by atoms with Gasteiger partial charge in [0, 0.05) is 33.6 Å². The number of hydrogen-bond acceptors (Lipinski definition) is 2. The number of fused-ring (bicyclic) bond motifs is 4. The number of benzene rings is 8. The zero-order valence-corrected chi connectivity index (χ0v) is 35.7. The lowest BCUT2D eigenvalue weighted by atomic mass is 9.57. The Hall–Kier alpha value is -6.58. The molecule has 0 aliphatic carbocycles. The molecule has 10 rings (SSSR count). The van der Waals surface area contributed by atoms with E-state index in [0.29, 0.717) is 0 Å².